The van der Waals surface area contributed by atoms with E-state index in [9.17, 15) is 9.59 Å². The van der Waals surface area contributed by atoms with Gasteiger partial charge in [0.05, 0.1) is 13.0 Å². The predicted octanol–water partition coefficient (Wildman–Crippen LogP) is 1.55. The third-order valence-electron chi connectivity index (χ3n) is 2.79. The van der Waals surface area contributed by atoms with E-state index >= 15 is 0 Å². The van der Waals surface area contributed by atoms with Crippen molar-refractivity contribution in [2.45, 2.75) is 33.1 Å². The second-order valence-corrected chi connectivity index (χ2v) is 4.32. The van der Waals surface area contributed by atoms with Crippen LogP contribution in [0.2, 0.25) is 0 Å². The van der Waals surface area contributed by atoms with Crippen LogP contribution in [0.4, 0.5) is 0 Å². The molecule has 0 bridgehead atoms. The lowest BCUT2D eigenvalue weighted by molar-refractivity contribution is -0.152. The van der Waals surface area contributed by atoms with E-state index in [1.54, 1.807) is 0 Å². The molecule has 1 rings (SSSR count). The molecule has 0 aromatic carbocycles. The Bertz CT molecular complexity index is 230. The van der Waals surface area contributed by atoms with Gasteiger partial charge in [0, 0.05) is 12.8 Å². The Labute approximate surface area is 78.5 Å². The van der Waals surface area contributed by atoms with Crippen LogP contribution in [0, 0.1) is 11.3 Å². The van der Waals surface area contributed by atoms with E-state index in [0.29, 0.717) is 19.3 Å². The monoisotopic (exact) mass is 184 g/mol. The van der Waals surface area contributed by atoms with Crippen LogP contribution >= 0.6 is 0 Å². The lowest BCUT2D eigenvalue weighted by Crippen LogP contribution is -2.37. The second-order valence-electron chi connectivity index (χ2n) is 4.32. The fraction of sp³-hybridized carbons (Fsp3) is 0.800. The number of carbonyl (C=O) groups excluding carboxylic acids is 2. The van der Waals surface area contributed by atoms with Gasteiger partial charge in [-0.1, -0.05) is 13.8 Å². The van der Waals surface area contributed by atoms with Crippen LogP contribution in [0.25, 0.3) is 0 Å². The zero-order chi connectivity index (χ0) is 10.1. The van der Waals surface area contributed by atoms with E-state index < -0.39 is 0 Å². The Morgan fingerprint density at radius 3 is 2.62 bits per heavy atom. The maximum absolute atomic E-state index is 11.4. The summed E-state index contributed by atoms with van der Waals surface area (Å²) in [4.78, 5) is 22.5. The largest absolute Gasteiger partial charge is 0.469 e. The molecule has 3 nitrogen and oxygen atoms in total. The molecular formula is C10H16O3. The summed E-state index contributed by atoms with van der Waals surface area (Å²) < 4.78 is 4.71. The molecule has 1 fully saturated rings. The van der Waals surface area contributed by atoms with Crippen LogP contribution < -0.4 is 0 Å². The number of hydrogen-bond acceptors (Lipinski definition) is 3. The van der Waals surface area contributed by atoms with E-state index in [4.69, 9.17) is 4.74 Å². The number of esters is 1. The molecule has 0 radical (unpaired) electrons. The maximum atomic E-state index is 11.4. The van der Waals surface area contributed by atoms with Crippen molar-refractivity contribution in [2.75, 3.05) is 7.11 Å². The Kier molecular flexibility index (Phi) is 2.74. The molecule has 0 aromatic heterocycles. The smallest absolute Gasteiger partial charge is 0.309 e. The topological polar surface area (TPSA) is 43.4 Å². The number of Topliss-reactive ketones (excluding diaryl/α,β-unsaturated/α-hetero) is 1. The fourth-order valence-corrected chi connectivity index (χ4v) is 1.99. The molecule has 0 spiro atoms. The minimum Gasteiger partial charge on any atom is -0.469 e. The third-order valence-corrected chi connectivity index (χ3v) is 2.79. The van der Waals surface area contributed by atoms with Gasteiger partial charge in [-0.05, 0) is 11.8 Å². The second kappa shape index (κ2) is 3.48. The van der Waals surface area contributed by atoms with Crippen LogP contribution in [-0.2, 0) is 14.3 Å². The van der Waals surface area contributed by atoms with Gasteiger partial charge in [0.15, 0.2) is 0 Å². The quantitative estimate of drug-likeness (QED) is 0.581. The third kappa shape index (κ3) is 2.08. The Morgan fingerprint density at radius 2 is 2.15 bits per heavy atom. The Balaban J connectivity index is 2.75. The van der Waals surface area contributed by atoms with Crippen LogP contribution in [0.1, 0.15) is 33.1 Å². The van der Waals surface area contributed by atoms with Crippen LogP contribution in [-0.4, -0.2) is 18.9 Å². The van der Waals surface area contributed by atoms with Crippen molar-refractivity contribution >= 4 is 11.8 Å². The molecule has 0 amide bonds. The van der Waals surface area contributed by atoms with Gasteiger partial charge in [-0.2, -0.15) is 0 Å². The number of methoxy groups -OCH3 is 1. The molecule has 0 heterocycles. The number of hydrogen-bond donors (Lipinski definition) is 0. The first-order valence-electron chi connectivity index (χ1n) is 4.57. The van der Waals surface area contributed by atoms with Gasteiger partial charge in [0.1, 0.15) is 5.78 Å². The van der Waals surface area contributed by atoms with Gasteiger partial charge in [0.2, 0.25) is 0 Å². The van der Waals surface area contributed by atoms with Crippen LogP contribution in [0.3, 0.4) is 0 Å². The number of ether oxygens (including phenoxy) is 1. The first-order chi connectivity index (χ1) is 5.97. The van der Waals surface area contributed by atoms with Gasteiger partial charge in [-0.25, -0.2) is 0 Å². The summed E-state index contributed by atoms with van der Waals surface area (Å²) >= 11 is 0. The van der Waals surface area contributed by atoms with Crippen molar-refractivity contribution < 1.29 is 14.3 Å². The summed E-state index contributed by atoms with van der Waals surface area (Å²) in [5.41, 5.74) is -0.234. The highest BCUT2D eigenvalue weighted by Crippen LogP contribution is 2.39. The van der Waals surface area contributed by atoms with Crippen molar-refractivity contribution in [1.82, 2.24) is 0 Å². The summed E-state index contributed by atoms with van der Waals surface area (Å²) in [7, 11) is 1.40. The van der Waals surface area contributed by atoms with Gasteiger partial charge in [-0.15, -0.1) is 0 Å². The Morgan fingerprint density at radius 1 is 1.54 bits per heavy atom. The van der Waals surface area contributed by atoms with Crippen molar-refractivity contribution in [3.8, 4) is 0 Å². The summed E-state index contributed by atoms with van der Waals surface area (Å²) in [5, 5.41) is 0. The highest BCUT2D eigenvalue weighted by atomic mass is 16.5. The molecule has 0 N–H and O–H groups in total. The molecule has 1 aliphatic carbocycles. The summed E-state index contributed by atoms with van der Waals surface area (Å²) in [6, 6.07) is 0. The molecule has 1 aliphatic rings. The average molecular weight is 184 g/mol. The van der Waals surface area contributed by atoms with Gasteiger partial charge in [0.25, 0.3) is 0 Å². The van der Waals surface area contributed by atoms with E-state index in [0.717, 1.165) is 0 Å². The first kappa shape index (κ1) is 10.2. The molecule has 0 unspecified atom stereocenters. The molecule has 3 heteroatoms. The zero-order valence-corrected chi connectivity index (χ0v) is 8.42. The minimum atomic E-state index is -0.234. The van der Waals surface area contributed by atoms with Crippen molar-refractivity contribution in [3.05, 3.63) is 0 Å². The lowest BCUT2D eigenvalue weighted by Gasteiger charge is -2.35. The molecule has 0 saturated heterocycles. The molecular weight excluding hydrogens is 168 g/mol. The normalized spacial score (nSPS) is 27.0. The van der Waals surface area contributed by atoms with Gasteiger partial charge < -0.3 is 4.74 Å². The van der Waals surface area contributed by atoms with Crippen molar-refractivity contribution in [3.63, 3.8) is 0 Å². The van der Waals surface area contributed by atoms with Crippen molar-refractivity contribution in [2.24, 2.45) is 11.3 Å². The molecule has 13 heavy (non-hydrogen) atoms. The summed E-state index contributed by atoms with van der Waals surface area (Å²) in [5.74, 6) is -0.0437. The van der Waals surface area contributed by atoms with Crippen LogP contribution in [0.5, 0.6) is 0 Å². The van der Waals surface area contributed by atoms with E-state index in [-0.39, 0.29) is 23.1 Å². The number of carbonyl (C=O) groups is 2. The van der Waals surface area contributed by atoms with Gasteiger partial charge in [-0.3, -0.25) is 9.59 Å². The van der Waals surface area contributed by atoms with Gasteiger partial charge >= 0.3 is 5.97 Å². The lowest BCUT2D eigenvalue weighted by atomic mass is 9.68. The number of ketones is 1. The van der Waals surface area contributed by atoms with Crippen molar-refractivity contribution in [1.29, 1.82) is 0 Å². The first-order valence-corrected chi connectivity index (χ1v) is 4.57. The maximum Gasteiger partial charge on any atom is 0.309 e. The highest BCUT2D eigenvalue weighted by molar-refractivity contribution is 5.83. The Hall–Kier alpha value is -0.860. The minimum absolute atomic E-state index is 0.116. The van der Waals surface area contributed by atoms with E-state index in [1.165, 1.54) is 7.11 Å². The molecule has 74 valence electrons. The predicted molar refractivity (Wildman–Crippen MR) is 48.1 cm³/mol. The number of rotatable bonds is 1. The van der Waals surface area contributed by atoms with Crippen LogP contribution in [0.15, 0.2) is 0 Å². The fourth-order valence-electron chi connectivity index (χ4n) is 1.99. The summed E-state index contributed by atoms with van der Waals surface area (Å²) in [6.07, 6.45) is 1.65. The van der Waals surface area contributed by atoms with E-state index in [1.807, 2.05) is 13.8 Å². The van der Waals surface area contributed by atoms with E-state index in [2.05, 4.69) is 0 Å². The standard InChI is InChI=1S/C10H16O3/c1-10(2)6-7(11)4-5-8(10)9(12)13-3/h8H,4-6H2,1-3H3/t8-/m1/s1. The highest BCUT2D eigenvalue weighted by Gasteiger charge is 2.40. The zero-order valence-electron chi connectivity index (χ0n) is 8.42. The summed E-state index contributed by atoms with van der Waals surface area (Å²) in [6.45, 7) is 3.90. The SMILES string of the molecule is COC(=O)[C@H]1CCC(=O)CC1(C)C. The molecule has 1 saturated carbocycles. The molecule has 1 atom stereocenters. The molecule has 0 aliphatic heterocycles. The average Bonchev–Trinajstić information content (AvgIpc) is 2.01. The molecule has 0 aromatic rings.